The second kappa shape index (κ2) is 3.78. The molecule has 0 fully saturated rings. The van der Waals surface area contributed by atoms with E-state index in [-0.39, 0.29) is 11.3 Å². The summed E-state index contributed by atoms with van der Waals surface area (Å²) in [7, 11) is 1.21. The van der Waals surface area contributed by atoms with Crippen LogP contribution in [0.1, 0.15) is 5.56 Å². The molecule has 0 bridgehead atoms. The second-order valence-electron chi connectivity index (χ2n) is 2.71. The molecule has 5 heteroatoms. The summed E-state index contributed by atoms with van der Waals surface area (Å²) in [5, 5.41) is 7.46. The van der Waals surface area contributed by atoms with Gasteiger partial charge in [0.1, 0.15) is 5.71 Å². The third kappa shape index (κ3) is 1.82. The maximum atomic E-state index is 11.0. The molecule has 1 aromatic carbocycles. The number of esters is 1. The first-order chi connectivity index (χ1) is 6.56. The minimum absolute atomic E-state index is 0.289. The monoisotopic (exact) mass is 193 g/mol. The van der Waals surface area contributed by atoms with Crippen molar-refractivity contribution in [1.82, 2.24) is 0 Å². The Bertz CT molecular complexity index is 388. The highest BCUT2D eigenvalue weighted by atomic mass is 16.5. The number of nitrogens with two attached hydrogens (primary N) is 2. The van der Waals surface area contributed by atoms with Crippen LogP contribution >= 0.6 is 0 Å². The SMILES string of the molecule is COC(=O)C(=N)c1cc(N)ccc1N. The number of carbonyl (C=O) groups is 1. The Morgan fingerprint density at radius 3 is 2.64 bits per heavy atom. The Balaban J connectivity index is 3.12. The lowest BCUT2D eigenvalue weighted by molar-refractivity contribution is -0.132. The summed E-state index contributed by atoms with van der Waals surface area (Å²) >= 11 is 0. The number of ether oxygens (including phenoxy) is 1. The van der Waals surface area contributed by atoms with Gasteiger partial charge in [-0.3, -0.25) is 5.41 Å². The highest BCUT2D eigenvalue weighted by Crippen LogP contribution is 2.16. The zero-order chi connectivity index (χ0) is 10.7. The van der Waals surface area contributed by atoms with E-state index < -0.39 is 5.97 Å². The van der Waals surface area contributed by atoms with Gasteiger partial charge in [-0.1, -0.05) is 0 Å². The number of rotatable bonds is 2. The van der Waals surface area contributed by atoms with Gasteiger partial charge in [0.05, 0.1) is 7.11 Å². The van der Waals surface area contributed by atoms with Crippen molar-refractivity contribution in [3.05, 3.63) is 23.8 Å². The van der Waals surface area contributed by atoms with Gasteiger partial charge in [0.25, 0.3) is 0 Å². The molecule has 0 aliphatic heterocycles. The number of hydrogen-bond donors (Lipinski definition) is 3. The van der Waals surface area contributed by atoms with Crippen molar-refractivity contribution < 1.29 is 9.53 Å². The van der Waals surface area contributed by atoms with Crippen LogP contribution in [-0.2, 0) is 9.53 Å². The van der Waals surface area contributed by atoms with Gasteiger partial charge < -0.3 is 16.2 Å². The molecule has 74 valence electrons. The number of nitrogen functional groups attached to an aromatic ring is 2. The molecule has 0 spiro atoms. The van der Waals surface area contributed by atoms with E-state index in [1.807, 2.05) is 0 Å². The summed E-state index contributed by atoms with van der Waals surface area (Å²) in [6, 6.07) is 4.61. The lowest BCUT2D eigenvalue weighted by Crippen LogP contribution is -2.17. The smallest absolute Gasteiger partial charge is 0.356 e. The van der Waals surface area contributed by atoms with Crippen LogP contribution in [0.3, 0.4) is 0 Å². The topological polar surface area (TPSA) is 102 Å². The molecule has 0 atom stereocenters. The van der Waals surface area contributed by atoms with Gasteiger partial charge in [0, 0.05) is 16.9 Å². The predicted molar refractivity (Wildman–Crippen MR) is 54.1 cm³/mol. The third-order valence-electron chi connectivity index (χ3n) is 1.74. The fraction of sp³-hybridized carbons (Fsp3) is 0.111. The quantitative estimate of drug-likeness (QED) is 0.359. The Morgan fingerprint density at radius 1 is 1.43 bits per heavy atom. The van der Waals surface area contributed by atoms with Crippen molar-refractivity contribution in [3.8, 4) is 0 Å². The standard InChI is InChI=1S/C9H11N3O2/c1-14-9(13)8(12)6-4-5(10)2-3-7(6)11/h2-4,12H,10-11H2,1H3. The normalized spacial score (nSPS) is 9.50. The first-order valence-corrected chi connectivity index (χ1v) is 3.88. The number of benzene rings is 1. The summed E-state index contributed by atoms with van der Waals surface area (Å²) in [6.07, 6.45) is 0. The molecular formula is C9H11N3O2. The van der Waals surface area contributed by atoms with E-state index in [2.05, 4.69) is 4.74 Å². The number of methoxy groups -OCH3 is 1. The van der Waals surface area contributed by atoms with Crippen LogP contribution in [0.5, 0.6) is 0 Å². The van der Waals surface area contributed by atoms with E-state index >= 15 is 0 Å². The Labute approximate surface area is 81.2 Å². The lowest BCUT2D eigenvalue weighted by atomic mass is 10.1. The lowest BCUT2D eigenvalue weighted by Gasteiger charge is -2.06. The molecule has 0 aromatic heterocycles. The van der Waals surface area contributed by atoms with Crippen LogP contribution in [0.2, 0.25) is 0 Å². The molecule has 0 aliphatic carbocycles. The van der Waals surface area contributed by atoms with Gasteiger partial charge in [-0.15, -0.1) is 0 Å². The summed E-state index contributed by atoms with van der Waals surface area (Å²) in [4.78, 5) is 11.0. The van der Waals surface area contributed by atoms with Crippen molar-refractivity contribution >= 4 is 23.1 Å². The van der Waals surface area contributed by atoms with E-state index in [4.69, 9.17) is 16.9 Å². The molecule has 0 saturated heterocycles. The molecule has 0 saturated carbocycles. The molecule has 0 heterocycles. The number of hydrogen-bond acceptors (Lipinski definition) is 5. The number of carbonyl (C=O) groups excluding carboxylic acids is 1. The maximum Gasteiger partial charge on any atom is 0.356 e. The zero-order valence-electron chi connectivity index (χ0n) is 7.70. The van der Waals surface area contributed by atoms with Crippen molar-refractivity contribution in [3.63, 3.8) is 0 Å². The van der Waals surface area contributed by atoms with Gasteiger partial charge in [-0.05, 0) is 18.2 Å². The van der Waals surface area contributed by atoms with E-state index in [1.165, 1.54) is 13.2 Å². The highest BCUT2D eigenvalue weighted by molar-refractivity contribution is 6.43. The first-order valence-electron chi connectivity index (χ1n) is 3.88. The molecular weight excluding hydrogens is 182 g/mol. The Morgan fingerprint density at radius 2 is 2.07 bits per heavy atom. The molecule has 5 nitrogen and oxygen atoms in total. The molecule has 1 aromatic rings. The van der Waals surface area contributed by atoms with Crippen molar-refractivity contribution in [2.45, 2.75) is 0 Å². The molecule has 0 radical (unpaired) electrons. The average Bonchev–Trinajstić information content (AvgIpc) is 2.19. The molecule has 0 amide bonds. The maximum absolute atomic E-state index is 11.0. The van der Waals surface area contributed by atoms with E-state index in [9.17, 15) is 4.79 Å². The zero-order valence-corrected chi connectivity index (χ0v) is 7.70. The number of anilines is 2. The fourth-order valence-corrected chi connectivity index (χ4v) is 1.00. The predicted octanol–water partition coefficient (Wildman–Crippen LogP) is 0.392. The van der Waals surface area contributed by atoms with Crippen molar-refractivity contribution in [2.75, 3.05) is 18.6 Å². The van der Waals surface area contributed by atoms with Gasteiger partial charge in [-0.2, -0.15) is 0 Å². The Kier molecular flexibility index (Phi) is 2.71. The van der Waals surface area contributed by atoms with Gasteiger partial charge in [0.2, 0.25) is 0 Å². The summed E-state index contributed by atoms with van der Waals surface area (Å²) in [5.74, 6) is -0.734. The third-order valence-corrected chi connectivity index (χ3v) is 1.74. The molecule has 0 aliphatic rings. The van der Waals surface area contributed by atoms with Crippen LogP contribution in [0.15, 0.2) is 18.2 Å². The minimum atomic E-state index is -0.734. The minimum Gasteiger partial charge on any atom is -0.464 e. The first kappa shape index (κ1) is 10.0. The van der Waals surface area contributed by atoms with Gasteiger partial charge in [-0.25, -0.2) is 4.79 Å². The summed E-state index contributed by atoms with van der Waals surface area (Å²) < 4.78 is 4.40. The van der Waals surface area contributed by atoms with E-state index in [0.717, 1.165) is 0 Å². The summed E-state index contributed by atoms with van der Waals surface area (Å²) in [6.45, 7) is 0. The highest BCUT2D eigenvalue weighted by Gasteiger charge is 2.14. The van der Waals surface area contributed by atoms with Gasteiger partial charge >= 0.3 is 5.97 Å². The number of nitrogens with one attached hydrogen (secondary N) is 1. The van der Waals surface area contributed by atoms with Crippen LogP contribution < -0.4 is 11.5 Å². The van der Waals surface area contributed by atoms with Crippen molar-refractivity contribution in [2.24, 2.45) is 0 Å². The molecule has 5 N–H and O–H groups in total. The van der Waals surface area contributed by atoms with E-state index in [0.29, 0.717) is 11.4 Å². The average molecular weight is 193 g/mol. The van der Waals surface area contributed by atoms with Gasteiger partial charge in [0.15, 0.2) is 0 Å². The fourth-order valence-electron chi connectivity index (χ4n) is 1.00. The van der Waals surface area contributed by atoms with Crippen LogP contribution in [0.4, 0.5) is 11.4 Å². The molecule has 0 unspecified atom stereocenters. The second-order valence-corrected chi connectivity index (χ2v) is 2.71. The van der Waals surface area contributed by atoms with Crippen LogP contribution in [0.25, 0.3) is 0 Å². The van der Waals surface area contributed by atoms with Crippen LogP contribution in [0, 0.1) is 5.41 Å². The molecule has 14 heavy (non-hydrogen) atoms. The van der Waals surface area contributed by atoms with E-state index in [1.54, 1.807) is 12.1 Å². The largest absolute Gasteiger partial charge is 0.464 e. The van der Waals surface area contributed by atoms with Crippen LogP contribution in [-0.4, -0.2) is 18.8 Å². The molecule has 1 rings (SSSR count). The Hall–Kier alpha value is -2.04. The van der Waals surface area contributed by atoms with Crippen molar-refractivity contribution in [1.29, 1.82) is 5.41 Å². The summed E-state index contributed by atoms with van der Waals surface area (Å²) in [5.41, 5.74) is 11.9.